The van der Waals surface area contributed by atoms with E-state index in [0.29, 0.717) is 0 Å². The van der Waals surface area contributed by atoms with Crippen molar-refractivity contribution in [2.24, 2.45) is 0 Å². The zero-order valence-electron chi connectivity index (χ0n) is 10.9. The molecule has 1 rings (SSSR count). The number of hydrogen-bond donors (Lipinski definition) is 2. The number of nitrogens with one attached hydrogen (secondary N) is 1. The molecule has 7 heteroatoms. The fourth-order valence-electron chi connectivity index (χ4n) is 1.54. The van der Waals surface area contributed by atoms with Crippen LogP contribution in [0.1, 0.15) is 12.0 Å². The van der Waals surface area contributed by atoms with Gasteiger partial charge in [-0.1, -0.05) is 17.7 Å². The van der Waals surface area contributed by atoms with Crippen LogP contribution in [0.25, 0.3) is 0 Å². The summed E-state index contributed by atoms with van der Waals surface area (Å²) in [4.78, 5) is 0.0426. The van der Waals surface area contributed by atoms with Gasteiger partial charge in [-0.05, 0) is 31.0 Å². The number of halogens is 1. The maximum Gasteiger partial charge on any atom is 0.242 e. The molecule has 19 heavy (non-hydrogen) atoms. The van der Waals surface area contributed by atoms with Gasteiger partial charge >= 0.3 is 0 Å². The Bertz CT molecular complexity index is 518. The predicted molar refractivity (Wildman–Crippen MR) is 73.9 cm³/mol. The number of aryl methyl sites for hydroxylation is 1. The number of aliphatic hydroxyl groups excluding tert-OH is 1. The summed E-state index contributed by atoms with van der Waals surface area (Å²) < 4.78 is 31.1. The molecule has 0 bridgehead atoms. The molecule has 0 radical (unpaired) electrons. The lowest BCUT2D eigenvalue weighted by Crippen LogP contribution is -2.28. The summed E-state index contributed by atoms with van der Waals surface area (Å²) in [5.74, 6) is 0. The molecular formula is C12H18ClNO4S. The van der Waals surface area contributed by atoms with Crippen LogP contribution in [0.4, 0.5) is 0 Å². The molecule has 0 aliphatic rings. The first-order valence-electron chi connectivity index (χ1n) is 5.79. The first-order valence-corrected chi connectivity index (χ1v) is 7.65. The van der Waals surface area contributed by atoms with Crippen molar-refractivity contribution in [3.05, 3.63) is 28.8 Å². The van der Waals surface area contributed by atoms with E-state index in [1.807, 2.05) is 6.92 Å². The summed E-state index contributed by atoms with van der Waals surface area (Å²) in [6, 6.07) is 4.74. The minimum Gasteiger partial charge on any atom is -0.391 e. The SMILES string of the molecule is COCC(O)CCNS(=O)(=O)c1ccc(C)cc1Cl. The molecular weight excluding hydrogens is 290 g/mol. The molecule has 0 saturated carbocycles. The summed E-state index contributed by atoms with van der Waals surface area (Å²) >= 11 is 5.92. The first kappa shape index (κ1) is 16.4. The lowest BCUT2D eigenvalue weighted by molar-refractivity contribution is 0.0603. The Hall–Kier alpha value is -0.660. The second-order valence-corrected chi connectivity index (χ2v) is 6.37. The van der Waals surface area contributed by atoms with E-state index in [4.69, 9.17) is 16.3 Å². The van der Waals surface area contributed by atoms with Crippen LogP contribution >= 0.6 is 11.6 Å². The van der Waals surface area contributed by atoms with Gasteiger partial charge < -0.3 is 9.84 Å². The Morgan fingerprint density at radius 3 is 2.74 bits per heavy atom. The Balaban J connectivity index is 2.66. The molecule has 1 unspecified atom stereocenters. The molecule has 0 aliphatic carbocycles. The van der Waals surface area contributed by atoms with Crippen molar-refractivity contribution in [3.63, 3.8) is 0 Å². The van der Waals surface area contributed by atoms with Crippen LogP contribution in [0.5, 0.6) is 0 Å². The zero-order valence-corrected chi connectivity index (χ0v) is 12.5. The fraction of sp³-hybridized carbons (Fsp3) is 0.500. The van der Waals surface area contributed by atoms with Crippen LogP contribution in [0.15, 0.2) is 23.1 Å². The zero-order chi connectivity index (χ0) is 14.5. The van der Waals surface area contributed by atoms with E-state index >= 15 is 0 Å². The molecule has 0 amide bonds. The fourth-order valence-corrected chi connectivity index (χ4v) is 3.18. The van der Waals surface area contributed by atoms with Crippen molar-refractivity contribution in [1.82, 2.24) is 4.72 Å². The van der Waals surface area contributed by atoms with Crippen molar-refractivity contribution in [1.29, 1.82) is 0 Å². The summed E-state index contributed by atoms with van der Waals surface area (Å²) in [5, 5.41) is 9.61. The van der Waals surface area contributed by atoms with E-state index in [-0.39, 0.29) is 29.5 Å². The van der Waals surface area contributed by atoms with Crippen molar-refractivity contribution < 1.29 is 18.3 Å². The summed E-state index contributed by atoms with van der Waals surface area (Å²) in [6.45, 7) is 2.13. The maximum absolute atomic E-state index is 12.0. The van der Waals surface area contributed by atoms with Crippen LogP contribution in [0, 0.1) is 6.92 Å². The highest BCUT2D eigenvalue weighted by atomic mass is 35.5. The smallest absolute Gasteiger partial charge is 0.242 e. The summed E-state index contributed by atoms with van der Waals surface area (Å²) in [7, 11) is -2.18. The Labute approximate surface area is 118 Å². The average Bonchev–Trinajstić information content (AvgIpc) is 2.28. The lowest BCUT2D eigenvalue weighted by Gasteiger charge is -2.11. The van der Waals surface area contributed by atoms with E-state index in [1.54, 1.807) is 12.1 Å². The third kappa shape index (κ3) is 5.08. The van der Waals surface area contributed by atoms with Crippen LogP contribution in [-0.4, -0.2) is 39.9 Å². The molecule has 0 spiro atoms. The number of benzene rings is 1. The van der Waals surface area contributed by atoms with Crippen LogP contribution in [0.2, 0.25) is 5.02 Å². The van der Waals surface area contributed by atoms with Crippen LogP contribution < -0.4 is 4.72 Å². The third-order valence-electron chi connectivity index (χ3n) is 2.51. The van der Waals surface area contributed by atoms with Crippen molar-refractivity contribution in [3.8, 4) is 0 Å². The molecule has 108 valence electrons. The Kier molecular flexibility index (Phi) is 6.22. The van der Waals surface area contributed by atoms with E-state index < -0.39 is 16.1 Å². The van der Waals surface area contributed by atoms with Gasteiger partial charge in [-0.3, -0.25) is 0 Å². The van der Waals surface area contributed by atoms with Gasteiger partial charge in [0.05, 0.1) is 17.7 Å². The molecule has 0 saturated heterocycles. The molecule has 0 aliphatic heterocycles. The molecule has 1 aromatic rings. The molecule has 0 aromatic heterocycles. The predicted octanol–water partition coefficient (Wildman–Crippen LogP) is 1.32. The highest BCUT2D eigenvalue weighted by molar-refractivity contribution is 7.89. The van der Waals surface area contributed by atoms with Gasteiger partial charge in [0.15, 0.2) is 0 Å². The largest absolute Gasteiger partial charge is 0.391 e. The van der Waals surface area contributed by atoms with Crippen molar-refractivity contribution >= 4 is 21.6 Å². The molecule has 5 nitrogen and oxygen atoms in total. The van der Waals surface area contributed by atoms with Gasteiger partial charge in [0.25, 0.3) is 0 Å². The number of sulfonamides is 1. The molecule has 1 atom stereocenters. The lowest BCUT2D eigenvalue weighted by atomic mass is 10.2. The van der Waals surface area contributed by atoms with E-state index in [1.165, 1.54) is 13.2 Å². The molecule has 0 fully saturated rings. The monoisotopic (exact) mass is 307 g/mol. The molecule has 2 N–H and O–H groups in total. The minimum absolute atomic E-state index is 0.0426. The number of hydrogen-bond acceptors (Lipinski definition) is 4. The highest BCUT2D eigenvalue weighted by Gasteiger charge is 2.17. The van der Waals surface area contributed by atoms with Gasteiger partial charge in [-0.15, -0.1) is 0 Å². The van der Waals surface area contributed by atoms with E-state index in [9.17, 15) is 13.5 Å². The topological polar surface area (TPSA) is 75.6 Å². The molecule has 1 aromatic carbocycles. The Morgan fingerprint density at radius 1 is 1.47 bits per heavy atom. The number of aliphatic hydroxyl groups is 1. The van der Waals surface area contributed by atoms with Gasteiger partial charge in [-0.2, -0.15) is 0 Å². The second kappa shape index (κ2) is 7.21. The number of methoxy groups -OCH3 is 1. The molecule has 0 heterocycles. The van der Waals surface area contributed by atoms with Gasteiger partial charge in [0.2, 0.25) is 10.0 Å². The number of ether oxygens (including phenoxy) is 1. The van der Waals surface area contributed by atoms with Gasteiger partial charge in [0.1, 0.15) is 4.90 Å². The number of rotatable bonds is 7. The van der Waals surface area contributed by atoms with Gasteiger partial charge in [0, 0.05) is 13.7 Å². The maximum atomic E-state index is 12.0. The van der Waals surface area contributed by atoms with Crippen LogP contribution in [0.3, 0.4) is 0 Å². The van der Waals surface area contributed by atoms with Crippen molar-refractivity contribution in [2.75, 3.05) is 20.3 Å². The van der Waals surface area contributed by atoms with E-state index in [0.717, 1.165) is 5.56 Å². The quantitative estimate of drug-likeness (QED) is 0.797. The minimum atomic E-state index is -3.65. The van der Waals surface area contributed by atoms with Gasteiger partial charge in [-0.25, -0.2) is 13.1 Å². The van der Waals surface area contributed by atoms with Crippen LogP contribution in [-0.2, 0) is 14.8 Å². The Morgan fingerprint density at radius 2 is 2.16 bits per heavy atom. The highest BCUT2D eigenvalue weighted by Crippen LogP contribution is 2.22. The standard InChI is InChI=1S/C12H18ClNO4S/c1-9-3-4-12(11(13)7-9)19(16,17)14-6-5-10(15)8-18-2/h3-4,7,10,14-15H,5-6,8H2,1-2H3. The van der Waals surface area contributed by atoms with E-state index in [2.05, 4.69) is 4.72 Å². The van der Waals surface area contributed by atoms with Crippen molar-refractivity contribution in [2.45, 2.75) is 24.3 Å². The normalized spacial score (nSPS) is 13.5. The average molecular weight is 308 g/mol. The second-order valence-electron chi connectivity index (χ2n) is 4.23. The third-order valence-corrected chi connectivity index (χ3v) is 4.45. The summed E-state index contributed by atoms with van der Waals surface area (Å²) in [6.07, 6.45) is -0.419. The first-order chi connectivity index (χ1) is 8.86. The summed E-state index contributed by atoms with van der Waals surface area (Å²) in [5.41, 5.74) is 0.888.